The highest BCUT2D eigenvalue weighted by Crippen LogP contribution is 2.61. The smallest absolute Gasteiger partial charge is 0.140 e. The molecule has 4 aliphatic rings. The van der Waals surface area contributed by atoms with Gasteiger partial charge in [0.15, 0.2) is 0 Å². The second-order valence-electron chi connectivity index (χ2n) is 7.63. The summed E-state index contributed by atoms with van der Waals surface area (Å²) in [6.45, 7) is 2.38. The van der Waals surface area contributed by atoms with Crippen molar-refractivity contribution in [2.45, 2.75) is 51.5 Å². The first-order chi connectivity index (χ1) is 10.0. The van der Waals surface area contributed by atoms with Gasteiger partial charge in [0.2, 0.25) is 0 Å². The van der Waals surface area contributed by atoms with Crippen molar-refractivity contribution in [2.24, 2.45) is 23.2 Å². The van der Waals surface area contributed by atoms with Gasteiger partial charge in [-0.1, -0.05) is 0 Å². The van der Waals surface area contributed by atoms with Crippen LogP contribution in [0.15, 0.2) is 21.2 Å². The number of hydrogen-bond acceptors (Lipinski definition) is 2. The lowest BCUT2D eigenvalue weighted by Gasteiger charge is -2.59. The van der Waals surface area contributed by atoms with Crippen molar-refractivity contribution >= 4 is 37.7 Å². The summed E-state index contributed by atoms with van der Waals surface area (Å²) >= 11 is 7.10. The number of hydrogen-bond donors (Lipinski definition) is 1. The van der Waals surface area contributed by atoms with E-state index in [1.165, 1.54) is 38.5 Å². The zero-order valence-electron chi connectivity index (χ0n) is 12.4. The number of anilines is 1. The van der Waals surface area contributed by atoms with E-state index in [2.05, 4.69) is 55.2 Å². The molecule has 1 aromatic heterocycles. The Labute approximate surface area is 143 Å². The standard InChI is InChI=1S/C17H22Br2N2/c1-10(21-16-15(19)5-14(18)9-20-16)17-6-11-2-12(7-17)4-13(3-11)8-17/h5,9-13H,2-4,6-8H2,1H3,(H,20,21). The molecule has 2 nitrogen and oxygen atoms in total. The molecule has 1 unspecified atom stereocenters. The Kier molecular flexibility index (Phi) is 3.61. The Morgan fingerprint density at radius 1 is 1.14 bits per heavy atom. The van der Waals surface area contributed by atoms with E-state index in [1.54, 1.807) is 0 Å². The van der Waals surface area contributed by atoms with Crippen LogP contribution < -0.4 is 5.32 Å². The maximum atomic E-state index is 4.54. The van der Waals surface area contributed by atoms with Gasteiger partial charge in [-0.2, -0.15) is 0 Å². The SMILES string of the molecule is CC(Nc1ncc(Br)cc1Br)C12CC3CC(CC(C3)C1)C2. The predicted molar refractivity (Wildman–Crippen MR) is 93.3 cm³/mol. The number of pyridine rings is 1. The molecule has 4 aliphatic carbocycles. The number of halogens is 2. The van der Waals surface area contributed by atoms with Crippen LogP contribution in [0.4, 0.5) is 5.82 Å². The summed E-state index contributed by atoms with van der Waals surface area (Å²) in [5, 5.41) is 3.72. The molecule has 0 spiro atoms. The molecule has 0 aliphatic heterocycles. The fourth-order valence-electron chi connectivity index (χ4n) is 5.59. The van der Waals surface area contributed by atoms with E-state index in [1.807, 2.05) is 6.20 Å². The number of rotatable bonds is 3. The molecule has 1 heterocycles. The number of aromatic nitrogens is 1. The van der Waals surface area contributed by atoms with Gasteiger partial charge in [-0.3, -0.25) is 0 Å². The third-order valence-electron chi connectivity index (χ3n) is 6.17. The molecule has 0 amide bonds. The fourth-order valence-corrected chi connectivity index (χ4v) is 6.69. The molecule has 0 aromatic carbocycles. The summed E-state index contributed by atoms with van der Waals surface area (Å²) in [4.78, 5) is 4.54. The summed E-state index contributed by atoms with van der Waals surface area (Å²) in [5.74, 6) is 3.99. The van der Waals surface area contributed by atoms with Gasteiger partial charge in [-0.05, 0) is 107 Å². The quantitative estimate of drug-likeness (QED) is 0.694. The summed E-state index contributed by atoms with van der Waals surface area (Å²) < 4.78 is 2.07. The molecule has 0 saturated heterocycles. The zero-order valence-corrected chi connectivity index (χ0v) is 15.6. The molecule has 5 rings (SSSR count). The topological polar surface area (TPSA) is 24.9 Å². The van der Waals surface area contributed by atoms with Crippen LogP contribution in [0.5, 0.6) is 0 Å². The minimum absolute atomic E-state index is 0.510. The normalized spacial score (nSPS) is 38.5. The molecule has 4 saturated carbocycles. The van der Waals surface area contributed by atoms with Crippen molar-refractivity contribution in [3.63, 3.8) is 0 Å². The van der Waals surface area contributed by atoms with Crippen LogP contribution in [0.2, 0.25) is 0 Å². The van der Waals surface area contributed by atoms with E-state index in [0.717, 1.165) is 32.5 Å². The maximum absolute atomic E-state index is 4.54. The van der Waals surface area contributed by atoms with Crippen LogP contribution in [-0.4, -0.2) is 11.0 Å². The van der Waals surface area contributed by atoms with Gasteiger partial charge in [-0.25, -0.2) is 4.98 Å². The van der Waals surface area contributed by atoms with Crippen LogP contribution in [0, 0.1) is 23.2 Å². The van der Waals surface area contributed by atoms with E-state index >= 15 is 0 Å². The van der Waals surface area contributed by atoms with Crippen molar-refractivity contribution in [1.82, 2.24) is 4.98 Å². The van der Waals surface area contributed by atoms with E-state index < -0.39 is 0 Å². The van der Waals surface area contributed by atoms with Crippen molar-refractivity contribution in [2.75, 3.05) is 5.32 Å². The lowest BCUT2D eigenvalue weighted by molar-refractivity contribution is -0.0603. The largest absolute Gasteiger partial charge is 0.366 e. The van der Waals surface area contributed by atoms with Crippen molar-refractivity contribution < 1.29 is 0 Å². The minimum Gasteiger partial charge on any atom is -0.366 e. The molecule has 21 heavy (non-hydrogen) atoms. The Bertz CT molecular complexity index is 522. The van der Waals surface area contributed by atoms with Crippen LogP contribution in [0.25, 0.3) is 0 Å². The zero-order chi connectivity index (χ0) is 14.6. The summed E-state index contributed by atoms with van der Waals surface area (Å²) in [5.41, 5.74) is 0.517. The van der Waals surface area contributed by atoms with Gasteiger partial charge in [0.05, 0.1) is 4.47 Å². The molecular weight excluding hydrogens is 392 g/mol. The third-order valence-corrected chi connectivity index (χ3v) is 7.20. The molecule has 4 heteroatoms. The molecule has 0 radical (unpaired) electrons. The van der Waals surface area contributed by atoms with E-state index in [0.29, 0.717) is 11.5 Å². The van der Waals surface area contributed by atoms with Crippen LogP contribution >= 0.6 is 31.9 Å². The average Bonchev–Trinajstić information content (AvgIpc) is 2.40. The Morgan fingerprint density at radius 3 is 2.24 bits per heavy atom. The van der Waals surface area contributed by atoms with E-state index in [-0.39, 0.29) is 0 Å². The van der Waals surface area contributed by atoms with Crippen LogP contribution in [-0.2, 0) is 0 Å². The van der Waals surface area contributed by atoms with Crippen molar-refractivity contribution in [3.8, 4) is 0 Å². The summed E-state index contributed by atoms with van der Waals surface area (Å²) in [7, 11) is 0. The minimum atomic E-state index is 0.510. The van der Waals surface area contributed by atoms with Crippen molar-refractivity contribution in [1.29, 1.82) is 0 Å². The van der Waals surface area contributed by atoms with E-state index in [9.17, 15) is 0 Å². The molecule has 1 atom stereocenters. The van der Waals surface area contributed by atoms with Gasteiger partial charge in [0.1, 0.15) is 5.82 Å². The average molecular weight is 414 g/mol. The molecular formula is C17H22Br2N2. The molecule has 4 fully saturated rings. The highest BCUT2D eigenvalue weighted by molar-refractivity contribution is 9.11. The highest BCUT2D eigenvalue weighted by atomic mass is 79.9. The van der Waals surface area contributed by atoms with Gasteiger partial charge in [-0.15, -0.1) is 0 Å². The second-order valence-corrected chi connectivity index (χ2v) is 9.40. The number of nitrogens with one attached hydrogen (secondary N) is 1. The first-order valence-corrected chi connectivity index (χ1v) is 9.70. The molecule has 1 aromatic rings. The van der Waals surface area contributed by atoms with E-state index in [4.69, 9.17) is 0 Å². The molecule has 114 valence electrons. The number of nitrogens with zero attached hydrogens (tertiary/aromatic N) is 1. The van der Waals surface area contributed by atoms with Gasteiger partial charge < -0.3 is 5.32 Å². The summed E-state index contributed by atoms with van der Waals surface area (Å²) in [6, 6.07) is 2.58. The molecule has 4 bridgehead atoms. The first-order valence-electron chi connectivity index (χ1n) is 8.12. The van der Waals surface area contributed by atoms with Crippen LogP contribution in [0.3, 0.4) is 0 Å². The Hall–Kier alpha value is -0.0900. The Balaban J connectivity index is 1.56. The first kappa shape index (κ1) is 14.5. The molecule has 1 N–H and O–H groups in total. The van der Waals surface area contributed by atoms with Gasteiger partial charge in [0.25, 0.3) is 0 Å². The summed E-state index contributed by atoms with van der Waals surface area (Å²) in [6.07, 6.45) is 10.7. The fraction of sp³-hybridized carbons (Fsp3) is 0.706. The second kappa shape index (κ2) is 5.23. The Morgan fingerprint density at radius 2 is 1.71 bits per heavy atom. The third kappa shape index (κ3) is 2.56. The van der Waals surface area contributed by atoms with Crippen molar-refractivity contribution in [3.05, 3.63) is 21.2 Å². The van der Waals surface area contributed by atoms with Crippen LogP contribution in [0.1, 0.15) is 45.4 Å². The monoisotopic (exact) mass is 412 g/mol. The van der Waals surface area contributed by atoms with Gasteiger partial charge >= 0.3 is 0 Å². The lowest BCUT2D eigenvalue weighted by atomic mass is 9.48. The highest BCUT2D eigenvalue weighted by Gasteiger charge is 2.53. The maximum Gasteiger partial charge on any atom is 0.140 e. The van der Waals surface area contributed by atoms with Gasteiger partial charge in [0, 0.05) is 16.7 Å². The lowest BCUT2D eigenvalue weighted by Crippen LogP contribution is -2.53. The predicted octanol–water partition coefficient (Wildman–Crippen LogP) is 5.62.